The van der Waals surface area contributed by atoms with E-state index in [9.17, 15) is 9.18 Å². The van der Waals surface area contributed by atoms with Gasteiger partial charge in [-0.05, 0) is 37.6 Å². The van der Waals surface area contributed by atoms with E-state index >= 15 is 0 Å². The minimum atomic E-state index is -0.577. The minimum absolute atomic E-state index is 0.00960. The number of ether oxygens (including phenoxy) is 1. The van der Waals surface area contributed by atoms with Gasteiger partial charge in [-0.1, -0.05) is 0 Å². The molecule has 1 heterocycles. The first-order valence-electron chi connectivity index (χ1n) is 6.08. The smallest absolute Gasteiger partial charge is 0.343 e. The van der Waals surface area contributed by atoms with E-state index in [0.29, 0.717) is 5.56 Å². The first-order valence-corrected chi connectivity index (χ1v) is 6.08. The molecular weight excluding hydrogens is 261 g/mol. The van der Waals surface area contributed by atoms with Gasteiger partial charge in [-0.2, -0.15) is 0 Å². The van der Waals surface area contributed by atoms with Gasteiger partial charge < -0.3 is 10.5 Å². The number of benzene rings is 1. The first kappa shape index (κ1) is 13.9. The number of esters is 1. The molecule has 20 heavy (non-hydrogen) atoms. The second kappa shape index (κ2) is 5.64. The number of nitrogen functional groups attached to an aromatic ring is 1. The van der Waals surface area contributed by atoms with Gasteiger partial charge in [0.15, 0.2) is 5.82 Å². The van der Waals surface area contributed by atoms with Crippen molar-refractivity contribution in [3.05, 3.63) is 41.3 Å². The standard InChI is InChI=1S/C14H14FN3O2/c1-3-20-14(19)11-7-17-13(18-12(11)16)9-4-8(2)5-10(15)6-9/h4-7H,3H2,1-2H3,(H2,16,17,18). The van der Waals surface area contributed by atoms with Gasteiger partial charge in [-0.3, -0.25) is 0 Å². The summed E-state index contributed by atoms with van der Waals surface area (Å²) in [5.41, 5.74) is 7.07. The minimum Gasteiger partial charge on any atom is -0.462 e. The number of hydrogen-bond donors (Lipinski definition) is 1. The number of hydrogen-bond acceptors (Lipinski definition) is 5. The number of carbonyl (C=O) groups excluding carboxylic acids is 1. The third kappa shape index (κ3) is 2.90. The van der Waals surface area contributed by atoms with Crippen LogP contribution in [0, 0.1) is 12.7 Å². The van der Waals surface area contributed by atoms with Crippen LogP contribution in [-0.2, 0) is 4.74 Å². The van der Waals surface area contributed by atoms with Crippen molar-refractivity contribution in [2.24, 2.45) is 0 Å². The number of aromatic nitrogens is 2. The molecule has 0 atom stereocenters. The van der Waals surface area contributed by atoms with E-state index in [1.54, 1.807) is 19.9 Å². The molecule has 0 aliphatic heterocycles. The monoisotopic (exact) mass is 275 g/mol. The van der Waals surface area contributed by atoms with Crippen LogP contribution in [0.15, 0.2) is 24.4 Å². The van der Waals surface area contributed by atoms with Crippen LogP contribution in [0.25, 0.3) is 11.4 Å². The number of anilines is 1. The SMILES string of the molecule is CCOC(=O)c1cnc(-c2cc(C)cc(F)c2)nc1N. The summed E-state index contributed by atoms with van der Waals surface area (Å²) in [6.07, 6.45) is 1.29. The molecule has 6 heteroatoms. The molecule has 5 nitrogen and oxygen atoms in total. The van der Waals surface area contributed by atoms with E-state index in [-0.39, 0.29) is 29.6 Å². The van der Waals surface area contributed by atoms with Crippen LogP contribution in [0.3, 0.4) is 0 Å². The number of rotatable bonds is 3. The van der Waals surface area contributed by atoms with Crippen molar-refractivity contribution in [2.75, 3.05) is 12.3 Å². The van der Waals surface area contributed by atoms with Gasteiger partial charge in [0.2, 0.25) is 0 Å². The quantitative estimate of drug-likeness (QED) is 0.870. The highest BCUT2D eigenvalue weighted by molar-refractivity contribution is 5.94. The maximum atomic E-state index is 13.4. The molecule has 0 aliphatic rings. The van der Waals surface area contributed by atoms with Crippen LogP contribution < -0.4 is 5.73 Å². The average molecular weight is 275 g/mol. The van der Waals surface area contributed by atoms with E-state index in [4.69, 9.17) is 10.5 Å². The lowest BCUT2D eigenvalue weighted by Crippen LogP contribution is -2.10. The zero-order valence-electron chi connectivity index (χ0n) is 11.2. The maximum Gasteiger partial charge on any atom is 0.343 e. The number of aryl methyl sites for hydroxylation is 1. The molecule has 2 rings (SSSR count). The molecule has 0 radical (unpaired) electrons. The summed E-state index contributed by atoms with van der Waals surface area (Å²) in [6.45, 7) is 3.70. The van der Waals surface area contributed by atoms with Crippen molar-refractivity contribution in [3.8, 4) is 11.4 Å². The molecule has 0 fully saturated rings. The van der Waals surface area contributed by atoms with Crippen molar-refractivity contribution in [1.82, 2.24) is 9.97 Å². The second-order valence-electron chi connectivity index (χ2n) is 4.23. The van der Waals surface area contributed by atoms with Crippen molar-refractivity contribution in [2.45, 2.75) is 13.8 Å². The van der Waals surface area contributed by atoms with E-state index < -0.39 is 5.97 Å². The largest absolute Gasteiger partial charge is 0.462 e. The lowest BCUT2D eigenvalue weighted by molar-refractivity contribution is 0.0527. The lowest BCUT2D eigenvalue weighted by Gasteiger charge is -2.07. The molecule has 0 spiro atoms. The Labute approximate surface area is 115 Å². The fourth-order valence-electron chi connectivity index (χ4n) is 1.77. The van der Waals surface area contributed by atoms with Gasteiger partial charge in [0.25, 0.3) is 0 Å². The molecule has 0 aliphatic carbocycles. The van der Waals surface area contributed by atoms with Crippen molar-refractivity contribution in [3.63, 3.8) is 0 Å². The molecular formula is C14H14FN3O2. The van der Waals surface area contributed by atoms with Gasteiger partial charge in [-0.15, -0.1) is 0 Å². The van der Waals surface area contributed by atoms with Gasteiger partial charge >= 0.3 is 5.97 Å². The zero-order chi connectivity index (χ0) is 14.7. The zero-order valence-corrected chi connectivity index (χ0v) is 11.2. The summed E-state index contributed by atoms with van der Waals surface area (Å²) < 4.78 is 18.2. The summed E-state index contributed by atoms with van der Waals surface area (Å²) in [4.78, 5) is 19.6. The Morgan fingerprint density at radius 1 is 1.40 bits per heavy atom. The summed E-state index contributed by atoms with van der Waals surface area (Å²) in [6, 6.07) is 4.45. The Morgan fingerprint density at radius 3 is 2.75 bits per heavy atom. The molecule has 0 amide bonds. The van der Waals surface area contributed by atoms with Crippen LogP contribution in [0.2, 0.25) is 0 Å². The summed E-state index contributed by atoms with van der Waals surface area (Å²) in [7, 11) is 0. The molecule has 1 aromatic heterocycles. The topological polar surface area (TPSA) is 78.1 Å². The van der Waals surface area contributed by atoms with Crippen molar-refractivity contribution in [1.29, 1.82) is 0 Å². The van der Waals surface area contributed by atoms with Crippen LogP contribution in [-0.4, -0.2) is 22.5 Å². The van der Waals surface area contributed by atoms with E-state index in [1.807, 2.05) is 0 Å². The number of nitrogens with two attached hydrogens (primary N) is 1. The second-order valence-corrected chi connectivity index (χ2v) is 4.23. The molecule has 0 saturated heterocycles. The molecule has 1 aromatic carbocycles. The highest BCUT2D eigenvalue weighted by atomic mass is 19.1. The Hall–Kier alpha value is -2.50. The van der Waals surface area contributed by atoms with Gasteiger partial charge in [-0.25, -0.2) is 19.2 Å². The van der Waals surface area contributed by atoms with E-state index in [1.165, 1.54) is 18.3 Å². The molecule has 0 saturated carbocycles. The first-order chi connectivity index (χ1) is 9.51. The normalized spacial score (nSPS) is 10.3. The molecule has 2 N–H and O–H groups in total. The predicted octanol–water partition coefficient (Wildman–Crippen LogP) is 2.35. The van der Waals surface area contributed by atoms with Gasteiger partial charge in [0.1, 0.15) is 17.2 Å². The fourth-order valence-corrected chi connectivity index (χ4v) is 1.77. The van der Waals surface area contributed by atoms with Crippen LogP contribution in [0.1, 0.15) is 22.8 Å². The number of nitrogens with zero attached hydrogens (tertiary/aromatic N) is 2. The third-order valence-electron chi connectivity index (χ3n) is 2.61. The summed E-state index contributed by atoms with van der Waals surface area (Å²) >= 11 is 0. The van der Waals surface area contributed by atoms with Crippen LogP contribution in [0.5, 0.6) is 0 Å². The fraction of sp³-hybridized carbons (Fsp3) is 0.214. The van der Waals surface area contributed by atoms with Gasteiger partial charge in [0, 0.05) is 11.8 Å². The molecule has 2 aromatic rings. The van der Waals surface area contributed by atoms with Crippen LogP contribution in [0.4, 0.5) is 10.2 Å². The average Bonchev–Trinajstić information content (AvgIpc) is 2.37. The highest BCUT2D eigenvalue weighted by Crippen LogP contribution is 2.20. The summed E-state index contributed by atoms with van der Waals surface area (Å²) in [5.74, 6) is -0.683. The Morgan fingerprint density at radius 2 is 2.15 bits per heavy atom. The summed E-state index contributed by atoms with van der Waals surface area (Å²) in [5, 5.41) is 0. The highest BCUT2D eigenvalue weighted by Gasteiger charge is 2.14. The van der Waals surface area contributed by atoms with Crippen molar-refractivity contribution < 1.29 is 13.9 Å². The molecule has 0 bridgehead atoms. The Kier molecular flexibility index (Phi) is 3.93. The van der Waals surface area contributed by atoms with Gasteiger partial charge in [0.05, 0.1) is 6.61 Å². The molecule has 0 unspecified atom stereocenters. The van der Waals surface area contributed by atoms with Crippen molar-refractivity contribution >= 4 is 11.8 Å². The third-order valence-corrected chi connectivity index (χ3v) is 2.61. The maximum absolute atomic E-state index is 13.4. The van der Waals surface area contributed by atoms with Crippen LogP contribution >= 0.6 is 0 Å². The predicted molar refractivity (Wildman–Crippen MR) is 72.5 cm³/mol. The van der Waals surface area contributed by atoms with E-state index in [0.717, 1.165) is 5.56 Å². The number of carbonyl (C=O) groups is 1. The Balaban J connectivity index is 2.40. The Bertz CT molecular complexity index is 639. The molecule has 104 valence electrons. The number of halogens is 1. The lowest BCUT2D eigenvalue weighted by atomic mass is 10.1. The van der Waals surface area contributed by atoms with E-state index in [2.05, 4.69) is 9.97 Å².